The van der Waals surface area contributed by atoms with Crippen LogP contribution in [0.5, 0.6) is 5.75 Å². The lowest BCUT2D eigenvalue weighted by Crippen LogP contribution is -2.37. The fourth-order valence-corrected chi connectivity index (χ4v) is 2.96. The molecule has 1 saturated heterocycles. The lowest BCUT2D eigenvalue weighted by atomic mass is 9.83. The van der Waals surface area contributed by atoms with Crippen molar-refractivity contribution in [2.75, 3.05) is 25.6 Å². The Morgan fingerprint density at radius 2 is 2.00 bits per heavy atom. The molecule has 21 heavy (non-hydrogen) atoms. The summed E-state index contributed by atoms with van der Waals surface area (Å²) in [6, 6.07) is 3.32. The van der Waals surface area contributed by atoms with Crippen molar-refractivity contribution in [2.45, 2.75) is 26.7 Å². The summed E-state index contributed by atoms with van der Waals surface area (Å²) in [5, 5.41) is 11.0. The standard InChI is InChI=1S/C15H21NO4S/c1-11-7-12(2)14(8-13(11)16(17)18)20-9-15(10-21)3-5-19-6-4-15/h7-8,21H,3-6,9-10H2,1-2H3. The minimum absolute atomic E-state index is 0.00648. The van der Waals surface area contributed by atoms with Crippen LogP contribution >= 0.6 is 12.6 Å². The fourth-order valence-electron chi connectivity index (χ4n) is 2.56. The summed E-state index contributed by atoms with van der Waals surface area (Å²) in [5.74, 6) is 1.31. The highest BCUT2D eigenvalue weighted by molar-refractivity contribution is 7.80. The summed E-state index contributed by atoms with van der Waals surface area (Å²) in [6.45, 7) is 5.60. The third kappa shape index (κ3) is 3.68. The van der Waals surface area contributed by atoms with E-state index < -0.39 is 0 Å². The number of ether oxygens (including phenoxy) is 2. The summed E-state index contributed by atoms with van der Waals surface area (Å²) in [5.41, 5.74) is 1.66. The van der Waals surface area contributed by atoms with Gasteiger partial charge in [-0.15, -0.1) is 0 Å². The van der Waals surface area contributed by atoms with E-state index in [0.717, 1.165) is 37.4 Å². The van der Waals surface area contributed by atoms with E-state index in [4.69, 9.17) is 9.47 Å². The summed E-state index contributed by atoms with van der Waals surface area (Å²) in [6.07, 6.45) is 1.81. The zero-order valence-electron chi connectivity index (χ0n) is 12.4. The molecular formula is C15H21NO4S. The van der Waals surface area contributed by atoms with Crippen molar-refractivity contribution in [3.63, 3.8) is 0 Å². The van der Waals surface area contributed by atoms with Gasteiger partial charge in [-0.3, -0.25) is 10.1 Å². The number of hydrogen-bond donors (Lipinski definition) is 1. The van der Waals surface area contributed by atoms with Crippen molar-refractivity contribution in [3.8, 4) is 5.75 Å². The molecule has 0 aromatic heterocycles. The van der Waals surface area contributed by atoms with Crippen LogP contribution in [0.3, 0.4) is 0 Å². The highest BCUT2D eigenvalue weighted by Crippen LogP contribution is 2.34. The van der Waals surface area contributed by atoms with E-state index in [-0.39, 0.29) is 16.0 Å². The average molecular weight is 311 g/mol. The van der Waals surface area contributed by atoms with Crippen molar-refractivity contribution < 1.29 is 14.4 Å². The zero-order chi connectivity index (χ0) is 15.5. The molecule has 1 fully saturated rings. The van der Waals surface area contributed by atoms with E-state index in [1.807, 2.05) is 6.92 Å². The highest BCUT2D eigenvalue weighted by atomic mass is 32.1. The molecule has 116 valence electrons. The number of nitro groups is 1. The normalized spacial score (nSPS) is 17.5. The first-order valence-electron chi connectivity index (χ1n) is 7.04. The maximum atomic E-state index is 11.0. The molecule has 6 heteroatoms. The molecule has 1 aromatic carbocycles. The van der Waals surface area contributed by atoms with Crippen molar-refractivity contribution in [2.24, 2.45) is 5.41 Å². The zero-order valence-corrected chi connectivity index (χ0v) is 13.3. The Morgan fingerprint density at radius 1 is 1.33 bits per heavy atom. The Kier molecular flexibility index (Phi) is 5.11. The highest BCUT2D eigenvalue weighted by Gasteiger charge is 2.32. The summed E-state index contributed by atoms with van der Waals surface area (Å²) >= 11 is 4.45. The second kappa shape index (κ2) is 6.66. The maximum absolute atomic E-state index is 11.0. The molecule has 0 atom stereocenters. The molecule has 0 aliphatic carbocycles. The molecule has 0 saturated carbocycles. The Balaban J connectivity index is 2.15. The Bertz CT molecular complexity index is 527. The van der Waals surface area contributed by atoms with Crippen molar-refractivity contribution in [3.05, 3.63) is 33.4 Å². The predicted octanol–water partition coefficient (Wildman–Crippen LogP) is 3.32. The fraction of sp³-hybridized carbons (Fsp3) is 0.600. The van der Waals surface area contributed by atoms with Crippen LogP contribution in [-0.4, -0.2) is 30.5 Å². The van der Waals surface area contributed by atoms with Crippen molar-refractivity contribution in [1.29, 1.82) is 0 Å². The van der Waals surface area contributed by atoms with Crippen LogP contribution in [0.2, 0.25) is 0 Å². The molecule has 0 bridgehead atoms. The van der Waals surface area contributed by atoms with Crippen LogP contribution < -0.4 is 4.74 Å². The molecular weight excluding hydrogens is 290 g/mol. The molecule has 1 aliphatic heterocycles. The number of aryl methyl sites for hydroxylation is 2. The lowest BCUT2D eigenvalue weighted by Gasteiger charge is -2.35. The molecule has 1 aromatic rings. The number of thiol groups is 1. The van der Waals surface area contributed by atoms with Crippen LogP contribution in [0.4, 0.5) is 5.69 Å². The minimum Gasteiger partial charge on any atom is -0.492 e. The molecule has 5 nitrogen and oxygen atoms in total. The molecule has 2 rings (SSSR count). The van der Waals surface area contributed by atoms with Crippen LogP contribution in [0.15, 0.2) is 12.1 Å². The quantitative estimate of drug-likeness (QED) is 0.515. The SMILES string of the molecule is Cc1cc(C)c([N+](=O)[O-])cc1OCC1(CS)CCOCC1. The van der Waals surface area contributed by atoms with Gasteiger partial charge in [-0.1, -0.05) is 0 Å². The van der Waals surface area contributed by atoms with Crippen molar-refractivity contribution in [1.82, 2.24) is 0 Å². The number of nitro benzene ring substituents is 1. The Hall–Kier alpha value is -1.27. The van der Waals surface area contributed by atoms with Crippen LogP contribution in [-0.2, 0) is 4.74 Å². The monoisotopic (exact) mass is 311 g/mol. The largest absolute Gasteiger partial charge is 0.492 e. The van der Waals surface area contributed by atoms with Gasteiger partial charge in [0.1, 0.15) is 5.75 Å². The Morgan fingerprint density at radius 3 is 2.57 bits per heavy atom. The van der Waals surface area contributed by atoms with Gasteiger partial charge in [0, 0.05) is 24.2 Å². The van der Waals surface area contributed by atoms with E-state index in [9.17, 15) is 10.1 Å². The topological polar surface area (TPSA) is 61.6 Å². The Labute approximate surface area is 130 Å². The van der Waals surface area contributed by atoms with Gasteiger partial charge in [0.05, 0.1) is 17.6 Å². The van der Waals surface area contributed by atoms with Gasteiger partial charge < -0.3 is 9.47 Å². The molecule has 0 amide bonds. The number of benzene rings is 1. The number of rotatable bonds is 5. The number of nitrogens with zero attached hydrogens (tertiary/aromatic N) is 1. The van der Waals surface area contributed by atoms with E-state index in [1.165, 1.54) is 6.07 Å². The van der Waals surface area contributed by atoms with Crippen LogP contribution in [0.25, 0.3) is 0 Å². The third-order valence-electron chi connectivity index (χ3n) is 4.11. The molecule has 0 unspecified atom stereocenters. The van der Waals surface area contributed by atoms with E-state index in [0.29, 0.717) is 17.9 Å². The lowest BCUT2D eigenvalue weighted by molar-refractivity contribution is -0.385. The van der Waals surface area contributed by atoms with Gasteiger partial charge >= 0.3 is 0 Å². The van der Waals surface area contributed by atoms with E-state index in [2.05, 4.69) is 12.6 Å². The first-order chi connectivity index (χ1) is 9.97. The maximum Gasteiger partial charge on any atom is 0.276 e. The van der Waals surface area contributed by atoms with Gasteiger partial charge in [-0.25, -0.2) is 0 Å². The minimum atomic E-state index is -0.371. The first kappa shape index (κ1) is 16.1. The second-order valence-electron chi connectivity index (χ2n) is 5.72. The summed E-state index contributed by atoms with van der Waals surface area (Å²) in [7, 11) is 0. The molecule has 0 radical (unpaired) electrons. The summed E-state index contributed by atoms with van der Waals surface area (Å²) < 4.78 is 11.3. The van der Waals surface area contributed by atoms with Gasteiger partial charge in [-0.05, 0) is 44.1 Å². The predicted molar refractivity (Wildman–Crippen MR) is 84.4 cm³/mol. The first-order valence-corrected chi connectivity index (χ1v) is 7.68. The van der Waals surface area contributed by atoms with Gasteiger partial charge in [0.25, 0.3) is 5.69 Å². The summed E-state index contributed by atoms with van der Waals surface area (Å²) in [4.78, 5) is 10.7. The van der Waals surface area contributed by atoms with Gasteiger partial charge in [0.2, 0.25) is 0 Å². The van der Waals surface area contributed by atoms with E-state index >= 15 is 0 Å². The molecule has 1 heterocycles. The van der Waals surface area contributed by atoms with Gasteiger partial charge in [0.15, 0.2) is 0 Å². The second-order valence-corrected chi connectivity index (χ2v) is 6.04. The van der Waals surface area contributed by atoms with Gasteiger partial charge in [-0.2, -0.15) is 12.6 Å². The molecule has 0 spiro atoms. The smallest absolute Gasteiger partial charge is 0.276 e. The third-order valence-corrected chi connectivity index (χ3v) is 4.78. The molecule has 0 N–H and O–H groups in total. The average Bonchev–Trinajstić information content (AvgIpc) is 2.47. The van der Waals surface area contributed by atoms with Crippen LogP contribution in [0.1, 0.15) is 24.0 Å². The van der Waals surface area contributed by atoms with Crippen LogP contribution in [0, 0.1) is 29.4 Å². The van der Waals surface area contributed by atoms with E-state index in [1.54, 1.807) is 13.0 Å². The molecule has 1 aliphatic rings. The number of hydrogen-bond acceptors (Lipinski definition) is 5. The van der Waals surface area contributed by atoms with Crippen molar-refractivity contribution >= 4 is 18.3 Å².